The monoisotopic (exact) mass is 268 g/mol. The Balaban J connectivity index is 2.26. The first-order chi connectivity index (χ1) is 9.49. The second-order valence-electron chi connectivity index (χ2n) is 4.64. The molecule has 0 radical (unpaired) electrons. The molecule has 2 aromatic carbocycles. The molecule has 0 aliphatic rings. The van der Waals surface area contributed by atoms with Crippen molar-refractivity contribution >= 4 is 11.6 Å². The lowest BCUT2D eigenvalue weighted by Gasteiger charge is -2.08. The van der Waals surface area contributed by atoms with E-state index in [-0.39, 0.29) is 17.2 Å². The number of nitrogens with one attached hydrogen (secondary N) is 1. The minimum atomic E-state index is -0.623. The Morgan fingerprint density at radius 1 is 1.15 bits per heavy atom. The summed E-state index contributed by atoms with van der Waals surface area (Å²) in [5, 5.41) is 11.2. The molecule has 100 valence electrons. The van der Waals surface area contributed by atoms with Crippen LogP contribution in [-0.2, 0) is 0 Å². The van der Waals surface area contributed by atoms with Gasteiger partial charge in [0, 0.05) is 5.56 Å². The molecule has 0 saturated heterocycles. The topological polar surface area (TPSA) is 52.9 Å². The van der Waals surface area contributed by atoms with E-state index in [1.165, 1.54) is 12.1 Å². The minimum Gasteiger partial charge on any atom is -0.319 e. The summed E-state index contributed by atoms with van der Waals surface area (Å²) >= 11 is 0. The van der Waals surface area contributed by atoms with E-state index >= 15 is 0 Å². The van der Waals surface area contributed by atoms with Crippen LogP contribution in [0.4, 0.5) is 10.1 Å². The maximum Gasteiger partial charge on any atom is 0.255 e. The zero-order valence-corrected chi connectivity index (χ0v) is 11.2. The Morgan fingerprint density at radius 3 is 2.35 bits per heavy atom. The van der Waals surface area contributed by atoms with Crippen LogP contribution in [0.2, 0.25) is 0 Å². The fourth-order valence-corrected chi connectivity index (χ4v) is 1.99. The van der Waals surface area contributed by atoms with Gasteiger partial charge in [0.05, 0.1) is 17.3 Å². The standard InChI is InChI=1S/C16H13FN2O/c1-10-5-11(2)7-13(6-10)16(20)19-15-4-3-12(9-18)8-14(15)17/h3-8H,1-2H3,(H,19,20). The van der Waals surface area contributed by atoms with Crippen molar-refractivity contribution in [3.05, 3.63) is 64.5 Å². The number of hydrogen-bond acceptors (Lipinski definition) is 2. The Labute approximate surface area is 116 Å². The van der Waals surface area contributed by atoms with E-state index in [4.69, 9.17) is 5.26 Å². The third-order valence-corrected chi connectivity index (χ3v) is 2.83. The molecule has 20 heavy (non-hydrogen) atoms. The summed E-state index contributed by atoms with van der Waals surface area (Å²) in [7, 11) is 0. The molecule has 0 aliphatic carbocycles. The summed E-state index contributed by atoms with van der Waals surface area (Å²) in [4.78, 5) is 12.1. The average molecular weight is 268 g/mol. The van der Waals surface area contributed by atoms with Gasteiger partial charge in [0.2, 0.25) is 0 Å². The summed E-state index contributed by atoms with van der Waals surface area (Å²) in [6.07, 6.45) is 0. The Bertz CT molecular complexity index is 697. The van der Waals surface area contributed by atoms with E-state index in [9.17, 15) is 9.18 Å². The molecule has 1 N–H and O–H groups in total. The lowest BCUT2D eigenvalue weighted by atomic mass is 10.1. The highest BCUT2D eigenvalue weighted by atomic mass is 19.1. The SMILES string of the molecule is Cc1cc(C)cc(C(=O)Nc2ccc(C#N)cc2F)c1. The number of carbonyl (C=O) groups excluding carboxylic acids is 1. The molecule has 4 heteroatoms. The Kier molecular flexibility index (Phi) is 3.81. The molecule has 0 aliphatic heterocycles. The number of rotatable bonds is 2. The highest BCUT2D eigenvalue weighted by molar-refractivity contribution is 6.04. The van der Waals surface area contributed by atoms with Gasteiger partial charge >= 0.3 is 0 Å². The van der Waals surface area contributed by atoms with E-state index in [0.29, 0.717) is 5.56 Å². The van der Waals surface area contributed by atoms with Gasteiger partial charge in [-0.3, -0.25) is 4.79 Å². The number of hydrogen-bond donors (Lipinski definition) is 1. The van der Waals surface area contributed by atoms with Gasteiger partial charge in [0.25, 0.3) is 5.91 Å². The average Bonchev–Trinajstić information content (AvgIpc) is 2.39. The van der Waals surface area contributed by atoms with Gasteiger partial charge in [-0.05, 0) is 44.2 Å². The molecule has 0 fully saturated rings. The zero-order valence-electron chi connectivity index (χ0n) is 11.2. The van der Waals surface area contributed by atoms with Crippen LogP contribution in [0.5, 0.6) is 0 Å². The fraction of sp³-hybridized carbons (Fsp3) is 0.125. The van der Waals surface area contributed by atoms with Crippen molar-refractivity contribution in [2.45, 2.75) is 13.8 Å². The summed E-state index contributed by atoms with van der Waals surface area (Å²) in [5.41, 5.74) is 2.69. The van der Waals surface area contributed by atoms with Crippen LogP contribution >= 0.6 is 0 Å². The lowest BCUT2D eigenvalue weighted by molar-refractivity contribution is 0.102. The first-order valence-electron chi connectivity index (χ1n) is 6.09. The maximum atomic E-state index is 13.7. The molecule has 0 aromatic heterocycles. The van der Waals surface area contributed by atoms with Gasteiger partial charge in [-0.25, -0.2) is 4.39 Å². The van der Waals surface area contributed by atoms with Crippen molar-refractivity contribution in [2.24, 2.45) is 0 Å². The van der Waals surface area contributed by atoms with Crippen molar-refractivity contribution in [1.82, 2.24) is 0 Å². The van der Waals surface area contributed by atoms with Crippen molar-refractivity contribution in [3.63, 3.8) is 0 Å². The second-order valence-corrected chi connectivity index (χ2v) is 4.64. The van der Waals surface area contributed by atoms with Crippen LogP contribution < -0.4 is 5.32 Å². The van der Waals surface area contributed by atoms with Gasteiger partial charge in [-0.2, -0.15) is 5.26 Å². The molecule has 2 rings (SSSR count). The van der Waals surface area contributed by atoms with Crippen molar-refractivity contribution < 1.29 is 9.18 Å². The van der Waals surface area contributed by atoms with Gasteiger partial charge in [0.15, 0.2) is 0 Å². The smallest absolute Gasteiger partial charge is 0.255 e. The predicted molar refractivity (Wildman–Crippen MR) is 75.0 cm³/mol. The molecule has 0 heterocycles. The maximum absolute atomic E-state index is 13.7. The number of aryl methyl sites for hydroxylation is 2. The van der Waals surface area contributed by atoms with Crippen LogP contribution in [-0.4, -0.2) is 5.91 Å². The quantitative estimate of drug-likeness (QED) is 0.905. The normalized spacial score (nSPS) is 9.90. The Morgan fingerprint density at radius 2 is 1.80 bits per heavy atom. The number of halogens is 1. The third-order valence-electron chi connectivity index (χ3n) is 2.83. The fourth-order valence-electron chi connectivity index (χ4n) is 1.99. The highest BCUT2D eigenvalue weighted by Gasteiger charge is 2.10. The number of nitrogens with zero attached hydrogens (tertiary/aromatic N) is 1. The van der Waals surface area contributed by atoms with E-state index in [1.54, 1.807) is 12.1 Å². The van der Waals surface area contributed by atoms with Crippen LogP contribution in [0.3, 0.4) is 0 Å². The van der Waals surface area contributed by atoms with E-state index in [2.05, 4.69) is 5.32 Å². The highest BCUT2D eigenvalue weighted by Crippen LogP contribution is 2.17. The van der Waals surface area contributed by atoms with Gasteiger partial charge < -0.3 is 5.32 Å². The largest absolute Gasteiger partial charge is 0.319 e. The lowest BCUT2D eigenvalue weighted by Crippen LogP contribution is -2.13. The molecule has 3 nitrogen and oxygen atoms in total. The summed E-state index contributed by atoms with van der Waals surface area (Å²) in [6.45, 7) is 3.79. The zero-order chi connectivity index (χ0) is 14.7. The molecule has 0 spiro atoms. The second kappa shape index (κ2) is 5.54. The molecule has 0 unspecified atom stereocenters. The number of amides is 1. The van der Waals surface area contributed by atoms with Crippen molar-refractivity contribution in [1.29, 1.82) is 5.26 Å². The van der Waals surface area contributed by atoms with Crippen LogP contribution in [0, 0.1) is 31.0 Å². The number of benzene rings is 2. The number of anilines is 1. The molecule has 0 atom stereocenters. The Hall–Kier alpha value is -2.67. The first kappa shape index (κ1) is 13.8. The molecule has 0 saturated carbocycles. The molecule has 0 bridgehead atoms. The van der Waals surface area contributed by atoms with E-state index in [1.807, 2.05) is 26.0 Å². The summed E-state index contributed by atoms with van der Waals surface area (Å²) in [5.74, 6) is -0.998. The number of nitriles is 1. The first-order valence-corrected chi connectivity index (χ1v) is 6.09. The van der Waals surface area contributed by atoms with E-state index < -0.39 is 5.82 Å². The van der Waals surface area contributed by atoms with Crippen LogP contribution in [0.15, 0.2) is 36.4 Å². The predicted octanol–water partition coefficient (Wildman–Crippen LogP) is 3.57. The van der Waals surface area contributed by atoms with Crippen LogP contribution in [0.25, 0.3) is 0 Å². The molecular weight excluding hydrogens is 255 g/mol. The molecule has 1 amide bonds. The van der Waals surface area contributed by atoms with Crippen molar-refractivity contribution in [2.75, 3.05) is 5.32 Å². The van der Waals surface area contributed by atoms with Crippen LogP contribution in [0.1, 0.15) is 27.0 Å². The summed E-state index contributed by atoms with van der Waals surface area (Å²) in [6, 6.07) is 11.2. The number of carbonyl (C=O) groups is 1. The minimum absolute atomic E-state index is 0.0631. The van der Waals surface area contributed by atoms with E-state index in [0.717, 1.165) is 17.2 Å². The van der Waals surface area contributed by atoms with Gasteiger partial charge in [-0.1, -0.05) is 17.2 Å². The molecular formula is C16H13FN2O. The third kappa shape index (κ3) is 3.01. The van der Waals surface area contributed by atoms with Gasteiger partial charge in [-0.15, -0.1) is 0 Å². The summed E-state index contributed by atoms with van der Waals surface area (Å²) < 4.78 is 13.7. The van der Waals surface area contributed by atoms with Gasteiger partial charge in [0.1, 0.15) is 5.82 Å². The molecule has 2 aromatic rings. The van der Waals surface area contributed by atoms with Crippen molar-refractivity contribution in [3.8, 4) is 6.07 Å².